The van der Waals surface area contributed by atoms with Gasteiger partial charge >= 0.3 is 5.97 Å². The summed E-state index contributed by atoms with van der Waals surface area (Å²) in [6, 6.07) is 13.4. The Morgan fingerprint density at radius 2 is 1.96 bits per heavy atom. The minimum absolute atomic E-state index is 0.0910. The summed E-state index contributed by atoms with van der Waals surface area (Å²) in [5.74, 6) is -1.03. The first-order valence-electron chi connectivity index (χ1n) is 8.72. The second-order valence-electron chi connectivity index (χ2n) is 6.41. The van der Waals surface area contributed by atoms with Crippen LogP contribution in [0.2, 0.25) is 0 Å². The van der Waals surface area contributed by atoms with Gasteiger partial charge in [0.25, 0.3) is 5.91 Å². The van der Waals surface area contributed by atoms with Gasteiger partial charge in [-0.05, 0) is 36.4 Å². The van der Waals surface area contributed by atoms with E-state index in [-0.39, 0.29) is 18.3 Å². The lowest BCUT2D eigenvalue weighted by Crippen LogP contribution is -2.42. The Morgan fingerprint density at radius 1 is 1.15 bits per heavy atom. The predicted octanol–water partition coefficient (Wildman–Crippen LogP) is 2.93. The fourth-order valence-electron chi connectivity index (χ4n) is 3.22. The Balaban J connectivity index is 1.69. The zero-order chi connectivity index (χ0) is 18.8. The first-order valence-corrected chi connectivity index (χ1v) is 9.60. The molecule has 2 aromatic heterocycles. The quantitative estimate of drug-likeness (QED) is 0.749. The molecule has 0 unspecified atom stereocenters. The minimum atomic E-state index is -0.866. The Labute approximate surface area is 159 Å². The van der Waals surface area contributed by atoms with Crippen LogP contribution in [0.3, 0.4) is 0 Å². The summed E-state index contributed by atoms with van der Waals surface area (Å²) < 4.78 is 1.66. The zero-order valence-corrected chi connectivity index (χ0v) is 15.3. The van der Waals surface area contributed by atoms with Crippen LogP contribution in [0.5, 0.6) is 0 Å². The molecule has 1 aliphatic heterocycles. The molecule has 1 amide bonds. The monoisotopic (exact) mass is 382 g/mol. The van der Waals surface area contributed by atoms with E-state index in [4.69, 9.17) is 0 Å². The number of benzene rings is 1. The molecule has 3 heterocycles. The highest BCUT2D eigenvalue weighted by Gasteiger charge is 2.31. The van der Waals surface area contributed by atoms with Crippen molar-refractivity contribution < 1.29 is 14.7 Å². The predicted molar refractivity (Wildman–Crippen MR) is 101 cm³/mol. The number of amides is 1. The Bertz CT molecular complexity index is 953. The van der Waals surface area contributed by atoms with Crippen LogP contribution in [-0.4, -0.2) is 49.7 Å². The highest BCUT2D eigenvalue weighted by molar-refractivity contribution is 7.13. The van der Waals surface area contributed by atoms with Crippen molar-refractivity contribution in [2.75, 3.05) is 13.1 Å². The fourth-order valence-corrected chi connectivity index (χ4v) is 3.92. The summed E-state index contributed by atoms with van der Waals surface area (Å²) in [5, 5.41) is 15.7. The molecule has 1 atom stereocenters. The zero-order valence-electron chi connectivity index (χ0n) is 14.5. The average molecular weight is 382 g/mol. The summed E-state index contributed by atoms with van der Waals surface area (Å²) in [6.45, 7) is 0.721. The van der Waals surface area contributed by atoms with Gasteiger partial charge in [0.2, 0.25) is 5.82 Å². The maximum atomic E-state index is 12.9. The van der Waals surface area contributed by atoms with Crippen molar-refractivity contribution in [3.05, 3.63) is 53.7 Å². The van der Waals surface area contributed by atoms with Gasteiger partial charge in [0, 0.05) is 13.1 Å². The minimum Gasteiger partial charge on any atom is -0.481 e. The molecule has 0 saturated carbocycles. The molecular weight excluding hydrogens is 364 g/mol. The van der Waals surface area contributed by atoms with Crippen LogP contribution in [0.15, 0.2) is 47.8 Å². The van der Waals surface area contributed by atoms with Gasteiger partial charge in [0.15, 0.2) is 5.82 Å². The van der Waals surface area contributed by atoms with Gasteiger partial charge in [-0.1, -0.05) is 24.3 Å². The molecule has 1 fully saturated rings. The topological polar surface area (TPSA) is 88.3 Å². The van der Waals surface area contributed by atoms with E-state index in [1.807, 2.05) is 47.8 Å². The number of para-hydroxylation sites is 1. The number of carboxylic acids is 1. The molecule has 1 N–H and O–H groups in total. The van der Waals surface area contributed by atoms with Crippen molar-refractivity contribution in [2.24, 2.45) is 5.92 Å². The molecule has 0 aliphatic carbocycles. The van der Waals surface area contributed by atoms with Crippen LogP contribution in [0.1, 0.15) is 23.5 Å². The summed E-state index contributed by atoms with van der Waals surface area (Å²) in [7, 11) is 0. The molecule has 0 bridgehead atoms. The number of nitrogens with zero attached hydrogens (tertiary/aromatic N) is 4. The normalized spacial score (nSPS) is 17.0. The smallest absolute Gasteiger partial charge is 0.308 e. The van der Waals surface area contributed by atoms with Gasteiger partial charge in [-0.25, -0.2) is 9.67 Å². The van der Waals surface area contributed by atoms with E-state index < -0.39 is 11.9 Å². The number of carbonyl (C=O) groups is 2. The van der Waals surface area contributed by atoms with Gasteiger partial charge in [0.1, 0.15) is 0 Å². The van der Waals surface area contributed by atoms with Crippen LogP contribution in [0.4, 0.5) is 0 Å². The molecule has 1 aliphatic rings. The Morgan fingerprint density at radius 3 is 2.67 bits per heavy atom. The standard InChI is InChI=1S/C19H18N4O3S/c24-18(22-10-4-6-13(12-22)19(25)26)16-20-17(15-9-5-11-27-15)23(21-16)14-7-2-1-3-8-14/h1-3,5,7-9,11,13H,4,6,10,12H2,(H,25,26)/t13-/m0/s1. The van der Waals surface area contributed by atoms with Crippen LogP contribution >= 0.6 is 11.3 Å². The average Bonchev–Trinajstić information content (AvgIpc) is 3.38. The molecule has 8 heteroatoms. The number of aromatic nitrogens is 3. The third-order valence-electron chi connectivity index (χ3n) is 4.60. The van der Waals surface area contributed by atoms with Gasteiger partial charge < -0.3 is 10.0 Å². The fraction of sp³-hybridized carbons (Fsp3) is 0.263. The number of rotatable bonds is 4. The first kappa shape index (κ1) is 17.4. The lowest BCUT2D eigenvalue weighted by atomic mass is 9.98. The summed E-state index contributed by atoms with van der Waals surface area (Å²) in [6.07, 6.45) is 1.26. The third-order valence-corrected chi connectivity index (χ3v) is 5.46. The first-order chi connectivity index (χ1) is 13.1. The maximum absolute atomic E-state index is 12.9. The number of carboxylic acid groups (broad SMARTS) is 1. The molecule has 0 spiro atoms. The lowest BCUT2D eigenvalue weighted by molar-refractivity contribution is -0.143. The van der Waals surface area contributed by atoms with E-state index >= 15 is 0 Å². The summed E-state index contributed by atoms with van der Waals surface area (Å²) in [4.78, 5) is 31.2. The molecule has 138 valence electrons. The number of likely N-dealkylation sites (tertiary alicyclic amines) is 1. The van der Waals surface area contributed by atoms with Crippen molar-refractivity contribution in [1.82, 2.24) is 19.7 Å². The van der Waals surface area contributed by atoms with Gasteiger partial charge in [-0.15, -0.1) is 16.4 Å². The van der Waals surface area contributed by atoms with Crippen molar-refractivity contribution in [1.29, 1.82) is 0 Å². The highest BCUT2D eigenvalue weighted by atomic mass is 32.1. The lowest BCUT2D eigenvalue weighted by Gasteiger charge is -2.29. The highest BCUT2D eigenvalue weighted by Crippen LogP contribution is 2.26. The van der Waals surface area contributed by atoms with Crippen LogP contribution in [0.25, 0.3) is 16.4 Å². The van der Waals surface area contributed by atoms with Crippen molar-refractivity contribution in [3.63, 3.8) is 0 Å². The number of aliphatic carboxylic acids is 1. The van der Waals surface area contributed by atoms with E-state index in [9.17, 15) is 14.7 Å². The van der Waals surface area contributed by atoms with Gasteiger partial charge in [0.05, 0.1) is 16.5 Å². The summed E-state index contributed by atoms with van der Waals surface area (Å²) >= 11 is 1.52. The van der Waals surface area contributed by atoms with Gasteiger partial charge in [-0.3, -0.25) is 9.59 Å². The van der Waals surface area contributed by atoms with E-state index in [1.54, 1.807) is 9.58 Å². The number of hydrogen-bond acceptors (Lipinski definition) is 5. The molecule has 7 nitrogen and oxygen atoms in total. The van der Waals surface area contributed by atoms with E-state index in [0.29, 0.717) is 25.2 Å². The van der Waals surface area contributed by atoms with E-state index in [0.717, 1.165) is 10.6 Å². The molecule has 1 saturated heterocycles. The second kappa shape index (κ2) is 7.32. The molecule has 1 aromatic carbocycles. The van der Waals surface area contributed by atoms with Crippen LogP contribution in [0, 0.1) is 5.92 Å². The SMILES string of the molecule is O=C(O)[C@H]1CCCN(C(=O)c2nc(-c3cccs3)n(-c3ccccc3)n2)C1. The molecule has 3 aromatic rings. The van der Waals surface area contributed by atoms with Crippen molar-refractivity contribution in [2.45, 2.75) is 12.8 Å². The Kier molecular flexibility index (Phi) is 4.72. The van der Waals surface area contributed by atoms with Crippen molar-refractivity contribution in [3.8, 4) is 16.4 Å². The molecular formula is C19H18N4O3S. The van der Waals surface area contributed by atoms with Crippen LogP contribution in [-0.2, 0) is 4.79 Å². The molecule has 0 radical (unpaired) electrons. The van der Waals surface area contributed by atoms with E-state index in [2.05, 4.69) is 10.1 Å². The second-order valence-corrected chi connectivity index (χ2v) is 7.36. The largest absolute Gasteiger partial charge is 0.481 e. The number of carbonyl (C=O) groups excluding carboxylic acids is 1. The Hall–Kier alpha value is -3.00. The van der Waals surface area contributed by atoms with Gasteiger partial charge in [-0.2, -0.15) is 0 Å². The van der Waals surface area contributed by atoms with E-state index in [1.165, 1.54) is 11.3 Å². The molecule has 4 rings (SSSR count). The number of thiophene rings is 1. The third kappa shape index (κ3) is 3.48. The molecule has 27 heavy (non-hydrogen) atoms. The maximum Gasteiger partial charge on any atom is 0.308 e. The number of piperidine rings is 1. The van der Waals surface area contributed by atoms with Crippen LogP contribution < -0.4 is 0 Å². The number of hydrogen-bond donors (Lipinski definition) is 1. The van der Waals surface area contributed by atoms with Crippen molar-refractivity contribution >= 4 is 23.2 Å². The summed E-state index contributed by atoms with van der Waals surface area (Å²) in [5.41, 5.74) is 0.814.